The molecule has 6 heteroatoms. The van der Waals surface area contributed by atoms with E-state index in [0.717, 1.165) is 43.5 Å². The fourth-order valence-corrected chi connectivity index (χ4v) is 5.19. The van der Waals surface area contributed by atoms with Crippen LogP contribution in [0, 0.1) is 12.8 Å². The monoisotopic (exact) mass is 386 g/mol. The molecule has 4 rings (SSSR count). The van der Waals surface area contributed by atoms with E-state index in [9.17, 15) is 4.79 Å². The van der Waals surface area contributed by atoms with Crippen LogP contribution in [0.3, 0.4) is 0 Å². The van der Waals surface area contributed by atoms with Crippen molar-refractivity contribution < 1.29 is 4.74 Å². The maximum Gasteiger partial charge on any atom is 0.267 e. The van der Waals surface area contributed by atoms with E-state index >= 15 is 0 Å². The Morgan fingerprint density at radius 2 is 2.19 bits per heavy atom. The highest BCUT2D eigenvalue weighted by Gasteiger charge is 2.28. The van der Waals surface area contributed by atoms with Crippen molar-refractivity contribution in [2.75, 3.05) is 6.26 Å². The molecule has 136 valence electrons. The summed E-state index contributed by atoms with van der Waals surface area (Å²) < 4.78 is 7.75. The lowest BCUT2D eigenvalue weighted by molar-refractivity contribution is 0.00200. The van der Waals surface area contributed by atoms with Crippen LogP contribution in [0.25, 0.3) is 15.9 Å². The van der Waals surface area contributed by atoms with Gasteiger partial charge in [-0.2, -0.15) is 0 Å². The van der Waals surface area contributed by atoms with Gasteiger partial charge in [0.2, 0.25) is 0 Å². The molecule has 0 saturated heterocycles. The van der Waals surface area contributed by atoms with Gasteiger partial charge in [-0.3, -0.25) is 9.36 Å². The lowest BCUT2D eigenvalue weighted by atomic mass is 9.96. The molecule has 26 heavy (non-hydrogen) atoms. The second kappa shape index (κ2) is 6.83. The maximum atomic E-state index is 13.5. The predicted molar refractivity (Wildman–Crippen MR) is 109 cm³/mol. The fourth-order valence-electron chi connectivity index (χ4n) is 3.47. The Morgan fingerprint density at radius 1 is 1.38 bits per heavy atom. The van der Waals surface area contributed by atoms with Gasteiger partial charge in [-0.1, -0.05) is 37.7 Å². The summed E-state index contributed by atoms with van der Waals surface area (Å²) in [4.78, 5) is 20.3. The number of thiophene rings is 1. The first-order chi connectivity index (χ1) is 12.5. The highest BCUT2D eigenvalue weighted by molar-refractivity contribution is 7.98. The number of hydrogen-bond donors (Lipinski definition) is 0. The first kappa shape index (κ1) is 17.8. The van der Waals surface area contributed by atoms with Crippen LogP contribution in [-0.2, 0) is 17.8 Å². The average molecular weight is 387 g/mol. The molecule has 2 aromatic heterocycles. The fraction of sp³-hybridized carbons (Fsp3) is 0.400. The molecule has 0 saturated carbocycles. The highest BCUT2D eigenvalue weighted by atomic mass is 32.2. The molecule has 0 bridgehead atoms. The Hall–Kier alpha value is -1.63. The van der Waals surface area contributed by atoms with E-state index in [-0.39, 0.29) is 11.7 Å². The van der Waals surface area contributed by atoms with Crippen LogP contribution < -0.4 is 5.56 Å². The number of aromatic nitrogens is 2. The van der Waals surface area contributed by atoms with Gasteiger partial charge in [-0.25, -0.2) is 4.98 Å². The van der Waals surface area contributed by atoms with Crippen LogP contribution in [0.5, 0.6) is 0 Å². The molecule has 0 radical (unpaired) electrons. The molecule has 1 atom stereocenters. The number of rotatable bonds is 3. The summed E-state index contributed by atoms with van der Waals surface area (Å²) in [5.41, 5.74) is 3.18. The zero-order valence-corrected chi connectivity index (χ0v) is 17.0. The molecule has 0 unspecified atom stereocenters. The van der Waals surface area contributed by atoms with E-state index in [1.54, 1.807) is 15.9 Å². The molecule has 0 fully saturated rings. The molecule has 3 heterocycles. The van der Waals surface area contributed by atoms with E-state index in [0.29, 0.717) is 12.5 Å². The SMILES string of the molecule is CSc1nc2sc3c(c2c(=O)n1-c1cccc(C)c1)C[C@@H](C(C)C)OC3. The van der Waals surface area contributed by atoms with Crippen LogP contribution >= 0.6 is 23.1 Å². The molecule has 0 N–H and O–H groups in total. The summed E-state index contributed by atoms with van der Waals surface area (Å²) >= 11 is 3.11. The number of hydrogen-bond acceptors (Lipinski definition) is 5. The Labute approximate surface area is 161 Å². The van der Waals surface area contributed by atoms with Crippen molar-refractivity contribution in [1.82, 2.24) is 9.55 Å². The van der Waals surface area contributed by atoms with Crippen molar-refractivity contribution >= 4 is 33.3 Å². The smallest absolute Gasteiger partial charge is 0.267 e. The van der Waals surface area contributed by atoms with Crippen molar-refractivity contribution in [2.45, 2.75) is 45.1 Å². The van der Waals surface area contributed by atoms with E-state index in [1.165, 1.54) is 11.8 Å². The summed E-state index contributed by atoms with van der Waals surface area (Å²) in [7, 11) is 0. The first-order valence-corrected chi connectivity index (χ1v) is 10.8. The van der Waals surface area contributed by atoms with Crippen LogP contribution in [0.2, 0.25) is 0 Å². The average Bonchev–Trinajstić information content (AvgIpc) is 2.99. The van der Waals surface area contributed by atoms with Gasteiger partial charge in [0.15, 0.2) is 5.16 Å². The second-order valence-electron chi connectivity index (χ2n) is 7.06. The molecular weight excluding hydrogens is 364 g/mol. The molecule has 1 aromatic carbocycles. The summed E-state index contributed by atoms with van der Waals surface area (Å²) in [6.07, 6.45) is 2.91. The van der Waals surface area contributed by atoms with Gasteiger partial charge in [0.05, 0.1) is 23.8 Å². The number of aryl methyl sites for hydroxylation is 1. The first-order valence-electron chi connectivity index (χ1n) is 8.79. The van der Waals surface area contributed by atoms with E-state index in [2.05, 4.69) is 13.8 Å². The standard InChI is InChI=1S/C20H22N2O2S2/c1-11(2)15-9-14-16(10-24-15)26-18-17(14)19(23)22(20(21-18)25-4)13-7-5-6-12(3)8-13/h5-8,11,15H,9-10H2,1-4H3/t15-/m0/s1. The zero-order chi connectivity index (χ0) is 18.4. The molecule has 1 aliphatic heterocycles. The summed E-state index contributed by atoms with van der Waals surface area (Å²) in [5.74, 6) is 0.426. The zero-order valence-electron chi connectivity index (χ0n) is 15.4. The van der Waals surface area contributed by atoms with E-state index < -0.39 is 0 Å². The topological polar surface area (TPSA) is 44.1 Å². The molecule has 0 amide bonds. The van der Waals surface area contributed by atoms with Gasteiger partial charge < -0.3 is 4.74 Å². The summed E-state index contributed by atoms with van der Waals surface area (Å²) in [5, 5.41) is 1.51. The van der Waals surface area contributed by atoms with Gasteiger partial charge in [0.25, 0.3) is 5.56 Å². The van der Waals surface area contributed by atoms with E-state index in [4.69, 9.17) is 9.72 Å². The third-order valence-electron chi connectivity index (χ3n) is 4.90. The minimum absolute atomic E-state index is 0.0341. The number of nitrogens with zero attached hydrogens (tertiary/aromatic N) is 2. The Balaban J connectivity index is 1.98. The normalized spacial score (nSPS) is 17.0. The molecular formula is C20H22N2O2S2. The van der Waals surface area contributed by atoms with Gasteiger partial charge in [-0.15, -0.1) is 11.3 Å². The van der Waals surface area contributed by atoms with Crippen molar-refractivity contribution in [3.05, 3.63) is 50.6 Å². The molecule has 0 spiro atoms. The summed E-state index contributed by atoms with van der Waals surface area (Å²) in [6, 6.07) is 8.03. The largest absolute Gasteiger partial charge is 0.372 e. The van der Waals surface area contributed by atoms with Crippen molar-refractivity contribution in [1.29, 1.82) is 0 Å². The van der Waals surface area contributed by atoms with Crippen LogP contribution in [0.1, 0.15) is 29.9 Å². The third-order valence-corrected chi connectivity index (χ3v) is 6.64. The summed E-state index contributed by atoms with van der Waals surface area (Å²) in [6.45, 7) is 6.95. The van der Waals surface area contributed by atoms with Gasteiger partial charge in [-0.05, 0) is 42.4 Å². The quantitative estimate of drug-likeness (QED) is 0.488. The molecule has 4 nitrogen and oxygen atoms in total. The molecule has 3 aromatic rings. The predicted octanol–water partition coefficient (Wildman–Crippen LogP) is 4.57. The Bertz CT molecular complexity index is 1040. The number of thioether (sulfide) groups is 1. The third kappa shape index (κ3) is 2.90. The number of ether oxygens (including phenoxy) is 1. The Kier molecular flexibility index (Phi) is 4.67. The molecule has 0 aliphatic carbocycles. The highest BCUT2D eigenvalue weighted by Crippen LogP contribution is 2.36. The number of fused-ring (bicyclic) bond motifs is 3. The number of benzene rings is 1. The minimum Gasteiger partial charge on any atom is -0.372 e. The second-order valence-corrected chi connectivity index (χ2v) is 8.92. The van der Waals surface area contributed by atoms with Gasteiger partial charge >= 0.3 is 0 Å². The van der Waals surface area contributed by atoms with Crippen molar-refractivity contribution in [3.8, 4) is 5.69 Å². The van der Waals surface area contributed by atoms with Crippen LogP contribution in [0.4, 0.5) is 0 Å². The minimum atomic E-state index is 0.0341. The lowest BCUT2D eigenvalue weighted by Gasteiger charge is -2.26. The Morgan fingerprint density at radius 3 is 2.88 bits per heavy atom. The van der Waals surface area contributed by atoms with Gasteiger partial charge in [0, 0.05) is 11.3 Å². The van der Waals surface area contributed by atoms with Gasteiger partial charge in [0.1, 0.15) is 4.83 Å². The van der Waals surface area contributed by atoms with Crippen molar-refractivity contribution in [2.24, 2.45) is 5.92 Å². The maximum absolute atomic E-state index is 13.5. The van der Waals surface area contributed by atoms with E-state index in [1.807, 2.05) is 37.4 Å². The lowest BCUT2D eigenvalue weighted by Crippen LogP contribution is -2.28. The molecule has 1 aliphatic rings. The van der Waals surface area contributed by atoms with Crippen LogP contribution in [-0.4, -0.2) is 21.9 Å². The van der Waals surface area contributed by atoms with Crippen molar-refractivity contribution in [3.63, 3.8) is 0 Å². The van der Waals surface area contributed by atoms with Crippen LogP contribution in [0.15, 0.2) is 34.2 Å².